The van der Waals surface area contributed by atoms with Crippen LogP contribution in [0.5, 0.6) is 0 Å². The molecule has 21 heavy (non-hydrogen) atoms. The van der Waals surface area contributed by atoms with Gasteiger partial charge in [-0.15, -0.1) is 0 Å². The van der Waals surface area contributed by atoms with Gasteiger partial charge < -0.3 is 14.8 Å². The molecule has 0 saturated heterocycles. The number of rotatable bonds is 7. The smallest absolute Gasteiger partial charge is 0.305 e. The van der Waals surface area contributed by atoms with Crippen molar-refractivity contribution in [1.29, 1.82) is 0 Å². The second-order valence-electron chi connectivity index (χ2n) is 4.04. The van der Waals surface area contributed by atoms with E-state index in [9.17, 15) is 23.7 Å². The molecule has 1 N–H and O–H groups in total. The third kappa shape index (κ3) is 4.17. The quantitative estimate of drug-likeness (QED) is 0.605. The van der Waals surface area contributed by atoms with Gasteiger partial charge in [-0.1, -0.05) is 0 Å². The van der Waals surface area contributed by atoms with Gasteiger partial charge in [0.1, 0.15) is 11.4 Å². The molecule has 1 unspecified atom stereocenters. The summed E-state index contributed by atoms with van der Waals surface area (Å²) < 4.78 is 37.1. The molecule has 0 radical (unpaired) electrons. The summed E-state index contributed by atoms with van der Waals surface area (Å²) in [5.41, 5.74) is -1.97. The number of benzene rings is 1. The van der Waals surface area contributed by atoms with Gasteiger partial charge in [0.25, 0.3) is 5.91 Å². The average Bonchev–Trinajstić information content (AvgIpc) is 2.43. The zero-order chi connectivity index (χ0) is 16.0. The molecule has 0 aliphatic heterocycles. The first-order valence-electron chi connectivity index (χ1n) is 5.84. The second kappa shape index (κ2) is 7.60. The van der Waals surface area contributed by atoms with Gasteiger partial charge in [-0.05, 0) is 6.07 Å². The van der Waals surface area contributed by atoms with E-state index in [2.05, 4.69) is 5.32 Å². The van der Waals surface area contributed by atoms with Crippen molar-refractivity contribution in [3.05, 3.63) is 39.4 Å². The Labute approximate surface area is 119 Å². The van der Waals surface area contributed by atoms with Crippen LogP contribution in [0.15, 0.2) is 12.1 Å². The van der Waals surface area contributed by atoms with Gasteiger partial charge in [-0.3, -0.25) is 14.9 Å². The van der Waals surface area contributed by atoms with E-state index in [1.165, 1.54) is 14.2 Å². The number of ether oxygens (including phenoxy) is 2. The molecule has 1 aromatic rings. The highest BCUT2D eigenvalue weighted by Crippen LogP contribution is 2.22. The Hall–Kier alpha value is -2.13. The van der Waals surface area contributed by atoms with Gasteiger partial charge >= 0.3 is 5.69 Å². The lowest BCUT2D eigenvalue weighted by molar-refractivity contribution is -0.387. The number of hydrogen-bond donors (Lipinski definition) is 1. The number of carbonyl (C=O) groups excluding carboxylic acids is 1. The number of methoxy groups -OCH3 is 2. The maximum atomic E-state index is 13.8. The van der Waals surface area contributed by atoms with Crippen LogP contribution < -0.4 is 5.32 Å². The van der Waals surface area contributed by atoms with E-state index in [1.807, 2.05) is 0 Å². The first-order valence-corrected chi connectivity index (χ1v) is 5.84. The highest BCUT2D eigenvalue weighted by molar-refractivity contribution is 5.95. The van der Waals surface area contributed by atoms with Gasteiger partial charge in [0, 0.05) is 26.8 Å². The van der Waals surface area contributed by atoms with Crippen molar-refractivity contribution in [1.82, 2.24) is 5.32 Å². The average molecular weight is 304 g/mol. The molecule has 1 aromatic carbocycles. The second-order valence-corrected chi connectivity index (χ2v) is 4.04. The summed E-state index contributed by atoms with van der Waals surface area (Å²) in [7, 11) is 2.80. The molecule has 1 amide bonds. The molecule has 0 spiro atoms. The highest BCUT2D eigenvalue weighted by Gasteiger charge is 2.26. The maximum Gasteiger partial charge on any atom is 0.305 e. The number of amides is 1. The molecule has 7 nitrogen and oxygen atoms in total. The molecular formula is C12H14F2N2O5. The van der Waals surface area contributed by atoms with Crippen molar-refractivity contribution in [2.45, 2.75) is 6.10 Å². The zero-order valence-electron chi connectivity index (χ0n) is 11.4. The molecule has 1 atom stereocenters. The molecular weight excluding hydrogens is 290 g/mol. The largest absolute Gasteiger partial charge is 0.382 e. The minimum Gasteiger partial charge on any atom is -0.382 e. The molecule has 0 aromatic heterocycles. The Morgan fingerprint density at radius 1 is 1.43 bits per heavy atom. The summed E-state index contributed by atoms with van der Waals surface area (Å²) in [4.78, 5) is 21.3. The van der Waals surface area contributed by atoms with E-state index in [0.29, 0.717) is 12.1 Å². The van der Waals surface area contributed by atoms with E-state index in [-0.39, 0.29) is 13.2 Å². The fraction of sp³-hybridized carbons (Fsp3) is 0.417. The fourth-order valence-corrected chi connectivity index (χ4v) is 1.58. The zero-order valence-corrected chi connectivity index (χ0v) is 11.4. The number of nitrogens with one attached hydrogen (secondary N) is 1. The van der Waals surface area contributed by atoms with Gasteiger partial charge in [0.2, 0.25) is 5.82 Å². The van der Waals surface area contributed by atoms with Crippen molar-refractivity contribution >= 4 is 11.6 Å². The molecule has 0 fully saturated rings. The third-order valence-corrected chi connectivity index (χ3v) is 2.67. The standard InChI is InChI=1S/C12H14F2N2O5/c1-20-6-7(21-2)5-15-12(17)10-8(13)3-4-9(11(10)14)16(18)19/h3-4,7H,5-6H2,1-2H3,(H,15,17). The Kier molecular flexibility index (Phi) is 6.12. The minimum atomic E-state index is -1.52. The third-order valence-electron chi connectivity index (χ3n) is 2.67. The molecule has 0 aliphatic carbocycles. The molecule has 0 bridgehead atoms. The number of carbonyl (C=O) groups is 1. The van der Waals surface area contributed by atoms with Crippen LogP contribution in [0.1, 0.15) is 10.4 Å². The van der Waals surface area contributed by atoms with Crippen LogP contribution in [0, 0.1) is 21.7 Å². The van der Waals surface area contributed by atoms with E-state index >= 15 is 0 Å². The topological polar surface area (TPSA) is 90.7 Å². The first-order chi connectivity index (χ1) is 9.92. The van der Waals surface area contributed by atoms with Gasteiger partial charge in [0.05, 0.1) is 17.6 Å². The van der Waals surface area contributed by atoms with E-state index < -0.39 is 39.8 Å². The molecule has 0 aliphatic rings. The number of nitro groups is 1. The fourth-order valence-electron chi connectivity index (χ4n) is 1.58. The van der Waals surface area contributed by atoms with Crippen LogP contribution in [0.2, 0.25) is 0 Å². The minimum absolute atomic E-state index is 0.0647. The van der Waals surface area contributed by atoms with Gasteiger partial charge in [-0.25, -0.2) is 4.39 Å². The lowest BCUT2D eigenvalue weighted by Gasteiger charge is -2.15. The summed E-state index contributed by atoms with van der Waals surface area (Å²) in [5.74, 6) is -3.80. The summed E-state index contributed by atoms with van der Waals surface area (Å²) in [6.45, 7) is 0.0986. The lowest BCUT2D eigenvalue weighted by atomic mass is 10.1. The summed E-state index contributed by atoms with van der Waals surface area (Å²) in [6, 6.07) is 1.32. The number of nitro benzene ring substituents is 1. The molecule has 116 valence electrons. The number of nitrogens with zero attached hydrogens (tertiary/aromatic N) is 1. The van der Waals surface area contributed by atoms with Gasteiger partial charge in [0.15, 0.2) is 0 Å². The monoisotopic (exact) mass is 304 g/mol. The van der Waals surface area contributed by atoms with Crippen LogP contribution in [0.4, 0.5) is 14.5 Å². The molecule has 1 rings (SSSR count). The van der Waals surface area contributed by atoms with Crippen molar-refractivity contribution in [3.63, 3.8) is 0 Å². The Bertz CT molecular complexity index is 539. The lowest BCUT2D eigenvalue weighted by Crippen LogP contribution is -2.36. The van der Waals surface area contributed by atoms with E-state index in [0.717, 1.165) is 0 Å². The SMILES string of the molecule is COCC(CNC(=O)c1c(F)ccc([N+](=O)[O-])c1F)OC. The predicted octanol–water partition coefficient (Wildman–Crippen LogP) is 1.26. The maximum absolute atomic E-state index is 13.8. The van der Waals surface area contributed by atoms with Crippen LogP contribution in [-0.4, -0.2) is 44.3 Å². The first kappa shape index (κ1) is 16.9. The Balaban J connectivity index is 2.92. The Morgan fingerprint density at radius 2 is 2.10 bits per heavy atom. The van der Waals surface area contributed by atoms with E-state index in [1.54, 1.807) is 0 Å². The van der Waals surface area contributed by atoms with Crippen LogP contribution in [0.3, 0.4) is 0 Å². The van der Waals surface area contributed by atoms with Crippen LogP contribution in [0.25, 0.3) is 0 Å². The molecule has 0 heterocycles. The normalized spacial score (nSPS) is 12.0. The van der Waals surface area contributed by atoms with Crippen LogP contribution >= 0.6 is 0 Å². The molecule has 9 heteroatoms. The van der Waals surface area contributed by atoms with Crippen molar-refractivity contribution in [2.75, 3.05) is 27.4 Å². The summed E-state index contributed by atoms with van der Waals surface area (Å²) >= 11 is 0. The Morgan fingerprint density at radius 3 is 2.62 bits per heavy atom. The van der Waals surface area contributed by atoms with Gasteiger partial charge in [-0.2, -0.15) is 4.39 Å². The predicted molar refractivity (Wildman–Crippen MR) is 68.0 cm³/mol. The van der Waals surface area contributed by atoms with Crippen molar-refractivity contribution in [3.8, 4) is 0 Å². The summed E-state index contributed by atoms with van der Waals surface area (Å²) in [5, 5.41) is 12.8. The number of hydrogen-bond acceptors (Lipinski definition) is 5. The van der Waals surface area contributed by atoms with Crippen LogP contribution in [-0.2, 0) is 9.47 Å². The van der Waals surface area contributed by atoms with Crippen molar-refractivity contribution in [2.24, 2.45) is 0 Å². The van der Waals surface area contributed by atoms with Crippen molar-refractivity contribution < 1.29 is 28.0 Å². The summed E-state index contributed by atoms with van der Waals surface area (Å²) in [6.07, 6.45) is -0.510. The highest BCUT2D eigenvalue weighted by atomic mass is 19.1. The number of halogens is 2. The van der Waals surface area contributed by atoms with E-state index in [4.69, 9.17) is 9.47 Å². The molecule has 0 saturated carbocycles.